The maximum absolute atomic E-state index is 12.3. The molecule has 2 aromatic rings. The number of hydrogen-bond donors (Lipinski definition) is 2. The molecule has 2 N–H and O–H groups in total. The van der Waals surface area contributed by atoms with Gasteiger partial charge in [0.25, 0.3) is 0 Å². The summed E-state index contributed by atoms with van der Waals surface area (Å²) in [5, 5.41) is 2.92. The van der Waals surface area contributed by atoms with Gasteiger partial charge < -0.3 is 24.7 Å². The summed E-state index contributed by atoms with van der Waals surface area (Å²) < 4.78 is 11.0. The van der Waals surface area contributed by atoms with Crippen LogP contribution in [0.25, 0.3) is 11.0 Å². The lowest BCUT2D eigenvalue weighted by Crippen LogP contribution is -2.50. The zero-order valence-corrected chi connectivity index (χ0v) is 14.2. The number of benzene rings is 1. The predicted octanol–water partition coefficient (Wildman–Crippen LogP) is 1.82. The second kappa shape index (κ2) is 7.63. The summed E-state index contributed by atoms with van der Waals surface area (Å²) in [5.74, 6) is 0.756. The molecule has 7 nitrogen and oxygen atoms in total. The first-order chi connectivity index (χ1) is 11.7. The lowest BCUT2D eigenvalue weighted by Gasteiger charge is -2.32. The monoisotopic (exact) mass is 332 g/mol. The van der Waals surface area contributed by atoms with Gasteiger partial charge in [-0.1, -0.05) is 12.1 Å². The van der Waals surface area contributed by atoms with E-state index in [2.05, 4.69) is 15.3 Å². The summed E-state index contributed by atoms with van der Waals surface area (Å²) in [6.45, 7) is 7.19. The Kier molecular flexibility index (Phi) is 5.32. The molecule has 0 saturated carbocycles. The van der Waals surface area contributed by atoms with Crippen LogP contribution in [0.5, 0.6) is 0 Å². The third-order valence-corrected chi connectivity index (χ3v) is 4.10. The summed E-state index contributed by atoms with van der Waals surface area (Å²) in [4.78, 5) is 21.9. The van der Waals surface area contributed by atoms with E-state index in [1.807, 2.05) is 32.0 Å². The average molecular weight is 332 g/mol. The van der Waals surface area contributed by atoms with Crippen molar-refractivity contribution in [3.8, 4) is 0 Å². The Bertz CT molecular complexity index is 700. The smallest absolute Gasteiger partial charge is 0.317 e. The Morgan fingerprint density at radius 3 is 3.21 bits per heavy atom. The highest BCUT2D eigenvalue weighted by molar-refractivity contribution is 5.79. The van der Waals surface area contributed by atoms with Crippen LogP contribution in [-0.2, 0) is 16.0 Å². The minimum atomic E-state index is -0.100. The summed E-state index contributed by atoms with van der Waals surface area (Å²) in [5.41, 5.74) is 3.06. The SMILES string of the molecule is CCOCC1CN(C(=O)NCc2nc3c(C)cccc3[nH]2)CCO1. The zero-order valence-electron chi connectivity index (χ0n) is 14.2. The van der Waals surface area contributed by atoms with Crippen molar-refractivity contribution in [3.05, 3.63) is 29.6 Å². The quantitative estimate of drug-likeness (QED) is 0.875. The highest BCUT2D eigenvalue weighted by Gasteiger charge is 2.24. The molecule has 1 atom stereocenters. The number of aromatic amines is 1. The van der Waals surface area contributed by atoms with E-state index in [4.69, 9.17) is 9.47 Å². The van der Waals surface area contributed by atoms with Gasteiger partial charge in [-0.15, -0.1) is 0 Å². The molecule has 2 heterocycles. The predicted molar refractivity (Wildman–Crippen MR) is 90.9 cm³/mol. The minimum Gasteiger partial charge on any atom is -0.379 e. The first-order valence-electron chi connectivity index (χ1n) is 8.33. The van der Waals surface area contributed by atoms with Gasteiger partial charge in [-0.2, -0.15) is 0 Å². The van der Waals surface area contributed by atoms with Crippen LogP contribution in [-0.4, -0.2) is 59.9 Å². The maximum Gasteiger partial charge on any atom is 0.317 e. The molecule has 0 spiro atoms. The molecule has 1 unspecified atom stereocenters. The Balaban J connectivity index is 1.55. The van der Waals surface area contributed by atoms with Crippen LogP contribution in [0.3, 0.4) is 0 Å². The van der Waals surface area contributed by atoms with E-state index in [1.165, 1.54) is 0 Å². The number of amides is 2. The number of aryl methyl sites for hydroxylation is 1. The van der Waals surface area contributed by atoms with E-state index in [0.717, 1.165) is 22.4 Å². The average Bonchev–Trinajstić information content (AvgIpc) is 3.03. The number of hydrogen-bond acceptors (Lipinski definition) is 4. The molecule has 24 heavy (non-hydrogen) atoms. The molecule has 1 aromatic carbocycles. The van der Waals surface area contributed by atoms with Crippen molar-refractivity contribution in [3.63, 3.8) is 0 Å². The van der Waals surface area contributed by atoms with Crippen molar-refractivity contribution >= 4 is 17.1 Å². The number of imidazole rings is 1. The summed E-state index contributed by atoms with van der Waals surface area (Å²) >= 11 is 0. The number of nitrogens with one attached hydrogen (secondary N) is 2. The van der Waals surface area contributed by atoms with E-state index in [1.54, 1.807) is 4.90 Å². The van der Waals surface area contributed by atoms with Crippen LogP contribution in [0.1, 0.15) is 18.3 Å². The topological polar surface area (TPSA) is 79.5 Å². The number of aromatic nitrogens is 2. The molecule has 1 saturated heterocycles. The standard InChI is InChI=1S/C17H24N4O3/c1-3-23-11-13-10-21(7-8-24-13)17(22)18-9-15-19-14-6-4-5-12(2)16(14)20-15/h4-6,13H,3,7-11H2,1-2H3,(H,18,22)(H,19,20). The Morgan fingerprint density at radius 1 is 1.54 bits per heavy atom. The van der Waals surface area contributed by atoms with Crippen LogP contribution in [0.4, 0.5) is 4.79 Å². The van der Waals surface area contributed by atoms with Crippen LogP contribution in [0, 0.1) is 6.92 Å². The van der Waals surface area contributed by atoms with Crippen LogP contribution in [0.2, 0.25) is 0 Å². The molecule has 130 valence electrons. The van der Waals surface area contributed by atoms with Crippen LogP contribution < -0.4 is 5.32 Å². The molecular weight excluding hydrogens is 308 g/mol. The largest absolute Gasteiger partial charge is 0.379 e. The van der Waals surface area contributed by atoms with Crippen molar-refractivity contribution in [1.82, 2.24) is 20.2 Å². The van der Waals surface area contributed by atoms with Gasteiger partial charge in [-0.25, -0.2) is 9.78 Å². The molecule has 1 fully saturated rings. The van der Waals surface area contributed by atoms with Gasteiger partial charge in [-0.3, -0.25) is 0 Å². The van der Waals surface area contributed by atoms with E-state index in [0.29, 0.717) is 39.5 Å². The second-order valence-electron chi connectivity index (χ2n) is 5.91. The number of rotatable bonds is 5. The zero-order chi connectivity index (χ0) is 16.9. The number of morpholine rings is 1. The molecule has 0 aliphatic carbocycles. The van der Waals surface area contributed by atoms with E-state index < -0.39 is 0 Å². The van der Waals surface area contributed by atoms with Crippen molar-refractivity contribution in [1.29, 1.82) is 0 Å². The minimum absolute atomic E-state index is 0.0571. The Hall–Kier alpha value is -2.12. The van der Waals surface area contributed by atoms with Crippen LogP contribution >= 0.6 is 0 Å². The fourth-order valence-corrected chi connectivity index (χ4v) is 2.84. The van der Waals surface area contributed by atoms with E-state index in [9.17, 15) is 4.79 Å². The molecular formula is C17H24N4O3. The van der Waals surface area contributed by atoms with Gasteiger partial charge in [0, 0.05) is 13.2 Å². The van der Waals surface area contributed by atoms with Gasteiger partial charge >= 0.3 is 6.03 Å². The first kappa shape index (κ1) is 16.7. The van der Waals surface area contributed by atoms with Crippen molar-refractivity contribution in [2.75, 3.05) is 32.9 Å². The molecule has 7 heteroatoms. The Labute approximate surface area is 141 Å². The number of nitrogens with zero attached hydrogens (tertiary/aromatic N) is 2. The summed E-state index contributed by atoms with van der Waals surface area (Å²) in [6.07, 6.45) is -0.0571. The number of H-pyrrole nitrogens is 1. The number of para-hydroxylation sites is 1. The van der Waals surface area contributed by atoms with E-state index in [-0.39, 0.29) is 12.1 Å². The van der Waals surface area contributed by atoms with Gasteiger partial charge in [0.05, 0.1) is 43.4 Å². The van der Waals surface area contributed by atoms with E-state index >= 15 is 0 Å². The van der Waals surface area contributed by atoms with Gasteiger partial charge in [0.1, 0.15) is 5.82 Å². The van der Waals surface area contributed by atoms with Crippen molar-refractivity contribution in [2.24, 2.45) is 0 Å². The fraction of sp³-hybridized carbons (Fsp3) is 0.529. The number of carbonyl (C=O) groups excluding carboxylic acids is 1. The fourth-order valence-electron chi connectivity index (χ4n) is 2.84. The molecule has 0 radical (unpaired) electrons. The molecule has 1 aliphatic rings. The summed E-state index contributed by atoms with van der Waals surface area (Å²) in [6, 6.07) is 5.90. The lowest BCUT2D eigenvalue weighted by atomic mass is 10.2. The Morgan fingerprint density at radius 2 is 2.42 bits per heavy atom. The van der Waals surface area contributed by atoms with Crippen LogP contribution in [0.15, 0.2) is 18.2 Å². The molecule has 1 aromatic heterocycles. The summed E-state index contributed by atoms with van der Waals surface area (Å²) in [7, 11) is 0. The maximum atomic E-state index is 12.3. The number of ether oxygens (including phenoxy) is 2. The van der Waals surface area contributed by atoms with Gasteiger partial charge in [-0.05, 0) is 25.5 Å². The third-order valence-electron chi connectivity index (χ3n) is 4.10. The lowest BCUT2D eigenvalue weighted by molar-refractivity contribution is -0.0566. The number of carbonyl (C=O) groups is 1. The second-order valence-corrected chi connectivity index (χ2v) is 5.91. The molecule has 3 rings (SSSR count). The molecule has 0 bridgehead atoms. The highest BCUT2D eigenvalue weighted by atomic mass is 16.5. The third kappa shape index (κ3) is 3.85. The first-order valence-corrected chi connectivity index (χ1v) is 8.33. The van der Waals surface area contributed by atoms with Crippen molar-refractivity contribution < 1.29 is 14.3 Å². The highest BCUT2D eigenvalue weighted by Crippen LogP contribution is 2.15. The van der Waals surface area contributed by atoms with Gasteiger partial charge in [0.15, 0.2) is 0 Å². The van der Waals surface area contributed by atoms with Gasteiger partial charge in [0.2, 0.25) is 0 Å². The van der Waals surface area contributed by atoms with Crippen molar-refractivity contribution in [2.45, 2.75) is 26.5 Å². The number of fused-ring (bicyclic) bond motifs is 1. The number of urea groups is 1. The molecule has 1 aliphatic heterocycles. The normalized spacial score (nSPS) is 18.1. The molecule has 2 amide bonds.